The van der Waals surface area contributed by atoms with Crippen LogP contribution in [0.2, 0.25) is 0 Å². The van der Waals surface area contributed by atoms with Gasteiger partial charge in [0.1, 0.15) is 18.8 Å². The number of rotatable bonds is 12. The highest BCUT2D eigenvalue weighted by Crippen LogP contribution is 2.33. The van der Waals surface area contributed by atoms with Crippen LogP contribution in [0.25, 0.3) is 10.4 Å². The number of alkyl halides is 3. The van der Waals surface area contributed by atoms with Gasteiger partial charge in [-0.3, -0.25) is 4.90 Å². The summed E-state index contributed by atoms with van der Waals surface area (Å²) in [6, 6.07) is 33.0. The number of azide groups is 1. The molecule has 1 aliphatic heterocycles. The van der Waals surface area contributed by atoms with Crippen molar-refractivity contribution < 1.29 is 36.9 Å². The van der Waals surface area contributed by atoms with Gasteiger partial charge in [-0.05, 0) is 47.7 Å². The highest BCUT2D eigenvalue weighted by molar-refractivity contribution is 5.84. The quantitative estimate of drug-likeness (QED) is 0.0485. The number of carbonyl (C=O) groups excluding carboxylic acids is 1. The molecule has 4 aromatic carbocycles. The predicted molar refractivity (Wildman–Crippen MR) is 180 cm³/mol. The molecule has 0 spiro atoms. The van der Waals surface area contributed by atoms with Crippen molar-refractivity contribution in [3.8, 4) is 0 Å². The molecule has 0 bridgehead atoms. The van der Waals surface area contributed by atoms with E-state index >= 15 is 0 Å². The molecule has 1 amide bonds. The van der Waals surface area contributed by atoms with Crippen LogP contribution in [0.4, 0.5) is 23.7 Å². The Bertz CT molecular complexity index is 1730. The molecule has 4 aromatic rings. The second-order valence-corrected chi connectivity index (χ2v) is 11.6. The molecule has 1 saturated heterocycles. The van der Waals surface area contributed by atoms with Crippen LogP contribution >= 0.6 is 0 Å². The van der Waals surface area contributed by atoms with Crippen molar-refractivity contribution in [3.63, 3.8) is 0 Å². The molecule has 260 valence electrons. The zero-order valence-corrected chi connectivity index (χ0v) is 27.2. The molecule has 0 aromatic heterocycles. The fourth-order valence-corrected chi connectivity index (χ4v) is 5.48. The minimum atomic E-state index is -5.01. The van der Waals surface area contributed by atoms with E-state index in [4.69, 9.17) is 18.9 Å². The van der Waals surface area contributed by atoms with Gasteiger partial charge in [-0.1, -0.05) is 114 Å². The van der Waals surface area contributed by atoms with Gasteiger partial charge in [-0.2, -0.15) is 13.2 Å². The summed E-state index contributed by atoms with van der Waals surface area (Å²) in [5.74, 6) is -1.58. The largest absolute Gasteiger partial charge is 0.468 e. The first-order chi connectivity index (χ1) is 24.2. The first kappa shape index (κ1) is 35.9. The fraction of sp³-hybridized carbons (Fsp3) is 0.297. The van der Waals surface area contributed by atoms with E-state index in [0.29, 0.717) is 0 Å². The Morgan fingerprint density at radius 1 is 0.880 bits per heavy atom. The van der Waals surface area contributed by atoms with Crippen molar-refractivity contribution in [2.24, 2.45) is 10.1 Å². The Balaban J connectivity index is 1.48. The zero-order valence-electron chi connectivity index (χ0n) is 27.2. The molecule has 50 heavy (non-hydrogen) atoms. The van der Waals surface area contributed by atoms with E-state index in [2.05, 4.69) is 15.0 Å². The van der Waals surface area contributed by atoms with Gasteiger partial charge in [0.15, 0.2) is 0 Å². The Morgan fingerprint density at radius 3 is 1.98 bits per heavy atom. The maximum absolute atomic E-state index is 14.3. The Hall–Kier alpha value is -5.36. The lowest BCUT2D eigenvalue weighted by molar-refractivity contribution is -0.234. The molecule has 5 atom stereocenters. The lowest BCUT2D eigenvalue weighted by Gasteiger charge is -2.44. The van der Waals surface area contributed by atoms with Crippen LogP contribution in [0, 0.1) is 0 Å². The second-order valence-electron chi connectivity index (χ2n) is 11.6. The van der Waals surface area contributed by atoms with Crippen molar-refractivity contribution in [2.75, 3.05) is 0 Å². The molecule has 0 saturated carbocycles. The summed E-state index contributed by atoms with van der Waals surface area (Å²) in [5, 5.41) is 3.74. The number of amides is 1. The number of nitrogens with zero attached hydrogens (tertiary/aromatic N) is 5. The van der Waals surface area contributed by atoms with Gasteiger partial charge in [0.05, 0.1) is 24.4 Å². The van der Waals surface area contributed by atoms with Crippen molar-refractivity contribution in [3.05, 3.63) is 148 Å². The van der Waals surface area contributed by atoms with Crippen LogP contribution < -0.4 is 0 Å². The number of carbonyl (C=O) groups is 1. The second kappa shape index (κ2) is 17.3. The van der Waals surface area contributed by atoms with Gasteiger partial charge in [0.2, 0.25) is 6.29 Å². The van der Waals surface area contributed by atoms with Crippen LogP contribution in [0.15, 0.2) is 131 Å². The normalized spacial score (nSPS) is 19.9. The molecular formula is C37H36F3N5O5. The number of ether oxygens (including phenoxy) is 4. The van der Waals surface area contributed by atoms with Crippen LogP contribution in [0.1, 0.15) is 30.0 Å². The van der Waals surface area contributed by atoms with Gasteiger partial charge in [0.25, 0.3) is 5.90 Å². The molecule has 1 heterocycles. The monoisotopic (exact) mass is 687 g/mol. The van der Waals surface area contributed by atoms with Gasteiger partial charge in [0, 0.05) is 11.5 Å². The van der Waals surface area contributed by atoms with Crippen molar-refractivity contribution in [1.29, 1.82) is 0 Å². The third kappa shape index (κ3) is 10.1. The average molecular weight is 688 g/mol. The molecular weight excluding hydrogens is 651 g/mol. The van der Waals surface area contributed by atoms with Gasteiger partial charge < -0.3 is 18.9 Å². The summed E-state index contributed by atoms with van der Waals surface area (Å²) in [6.45, 7) is 1.90. The predicted octanol–water partition coefficient (Wildman–Crippen LogP) is 8.90. The number of halogens is 3. The molecule has 0 aliphatic carbocycles. The summed E-state index contributed by atoms with van der Waals surface area (Å²) < 4.78 is 66.7. The number of hydrogen-bond donors (Lipinski definition) is 0. The zero-order chi connectivity index (χ0) is 35.3. The van der Waals surface area contributed by atoms with Crippen molar-refractivity contribution >= 4 is 17.7 Å². The van der Waals surface area contributed by atoms with Crippen LogP contribution in [0.3, 0.4) is 0 Å². The summed E-state index contributed by atoms with van der Waals surface area (Å²) in [4.78, 5) is 21.8. The maximum Gasteiger partial charge on any atom is 0.468 e. The highest BCUT2D eigenvalue weighted by Gasteiger charge is 2.48. The summed E-state index contributed by atoms with van der Waals surface area (Å²) in [7, 11) is 0. The van der Waals surface area contributed by atoms with E-state index < -0.39 is 48.7 Å². The van der Waals surface area contributed by atoms with Crippen LogP contribution in [-0.2, 0) is 38.7 Å². The summed E-state index contributed by atoms with van der Waals surface area (Å²) >= 11 is 0. The molecule has 13 heteroatoms. The fourth-order valence-electron chi connectivity index (χ4n) is 5.48. The standard InChI is InChI=1S/C37H36F3N5O5/c1-26(45(23-27-14-6-2-7-15-27)36(46)48-25-29-18-10-4-11-19-29)33-32(47-24-28-16-8-3-9-17-28)22-31(43-44-41)34(49-33)50-35(37(38,39)40)42-30-20-12-5-13-21-30/h2-21,26,31-34H,22-25H2,1H3/b42-35+/t26-,31-,32+,33-,34?/m1/s1. The topological polar surface area (TPSA) is 118 Å². The van der Waals surface area contributed by atoms with E-state index in [1.807, 2.05) is 91.0 Å². The first-order valence-electron chi connectivity index (χ1n) is 16.0. The van der Waals surface area contributed by atoms with Crippen LogP contribution in [0.5, 0.6) is 0 Å². The van der Waals surface area contributed by atoms with Gasteiger partial charge >= 0.3 is 12.3 Å². The van der Waals surface area contributed by atoms with Crippen molar-refractivity contribution in [2.45, 2.75) is 69.9 Å². The average Bonchev–Trinajstić information content (AvgIpc) is 3.13. The highest BCUT2D eigenvalue weighted by atomic mass is 19.4. The Morgan fingerprint density at radius 2 is 1.42 bits per heavy atom. The lowest BCUT2D eigenvalue weighted by Crippen LogP contribution is -2.58. The molecule has 10 nitrogen and oxygen atoms in total. The SMILES string of the molecule is C[C@H]([C@H]1OC(O/C(=N/c2ccccc2)C(F)(F)F)[C@H](N=[N+]=[N-])C[C@@H]1OCc1ccccc1)N(Cc1ccccc1)C(=O)OCc1ccccc1. The number of benzene rings is 4. The third-order valence-electron chi connectivity index (χ3n) is 8.01. The molecule has 0 radical (unpaired) electrons. The summed E-state index contributed by atoms with van der Waals surface area (Å²) in [6.07, 6.45) is -9.40. The van der Waals surface area contributed by atoms with E-state index in [-0.39, 0.29) is 31.9 Å². The maximum atomic E-state index is 14.3. The Kier molecular flexibility index (Phi) is 12.5. The van der Waals surface area contributed by atoms with E-state index in [1.165, 1.54) is 29.2 Å². The van der Waals surface area contributed by atoms with Crippen LogP contribution in [-0.4, -0.2) is 53.6 Å². The van der Waals surface area contributed by atoms with E-state index in [9.17, 15) is 23.5 Å². The molecule has 0 N–H and O–H groups in total. The number of hydrogen-bond acceptors (Lipinski definition) is 7. The van der Waals surface area contributed by atoms with Gasteiger partial charge in [-0.25, -0.2) is 9.79 Å². The van der Waals surface area contributed by atoms with E-state index in [1.54, 1.807) is 13.0 Å². The third-order valence-corrected chi connectivity index (χ3v) is 8.01. The number of para-hydroxylation sites is 1. The van der Waals surface area contributed by atoms with E-state index in [0.717, 1.165) is 16.7 Å². The number of aliphatic imine (C=N–C) groups is 1. The van der Waals surface area contributed by atoms with Gasteiger partial charge in [-0.15, -0.1) is 0 Å². The summed E-state index contributed by atoms with van der Waals surface area (Å²) in [5.41, 5.74) is 11.8. The molecule has 1 aliphatic rings. The smallest absolute Gasteiger partial charge is 0.445 e. The minimum Gasteiger partial charge on any atom is -0.445 e. The Labute approximate surface area is 287 Å². The molecule has 5 rings (SSSR count). The minimum absolute atomic E-state index is 0.000144. The molecule has 1 unspecified atom stereocenters. The van der Waals surface area contributed by atoms with Crippen molar-refractivity contribution in [1.82, 2.24) is 4.90 Å². The first-order valence-corrected chi connectivity index (χ1v) is 16.0. The lowest BCUT2D eigenvalue weighted by atomic mass is 9.95. The molecule has 1 fully saturated rings.